The zero-order valence-corrected chi connectivity index (χ0v) is 40.4. The van der Waals surface area contributed by atoms with Crippen molar-refractivity contribution in [1.29, 1.82) is 0 Å². The standard InChI is InChI=1S/C53H74N6O8/c1-6-10-30-58(31-11-7-2)34-36-64-50(60)54-46-22-14-42(15-23-46)38-44-18-26-48(27-19-44)56-52(62)66-40-41(5)67-53(63)57-49-28-20-45(21-29-49)39-43-16-24-47(25-17-43)55-51(61)65-37-35-59(32-12-8-3)33-13-9-4/h14-29,41H,6-13,30-40H2,1-5H3,(H,54,60)(H,55,61)(H,56,62)(H,57,63). The average molecular weight is 923 g/mol. The highest BCUT2D eigenvalue weighted by molar-refractivity contribution is 5.86. The number of nitrogens with zero attached hydrogens (tertiary/aromatic N) is 2. The molecule has 4 N–H and O–H groups in total. The summed E-state index contributed by atoms with van der Waals surface area (Å²) in [6, 6.07) is 30.1. The van der Waals surface area contributed by atoms with Gasteiger partial charge in [-0.1, -0.05) is 102 Å². The van der Waals surface area contributed by atoms with Crippen LogP contribution in [0.25, 0.3) is 0 Å². The molecule has 0 spiro atoms. The predicted octanol–water partition coefficient (Wildman–Crippen LogP) is 12.0. The van der Waals surface area contributed by atoms with Gasteiger partial charge in [0.2, 0.25) is 0 Å². The summed E-state index contributed by atoms with van der Waals surface area (Å²) < 4.78 is 21.6. The van der Waals surface area contributed by atoms with Crippen molar-refractivity contribution in [2.75, 3.05) is 80.4 Å². The Morgan fingerprint density at radius 3 is 1.00 bits per heavy atom. The average Bonchev–Trinajstić information content (AvgIpc) is 3.32. The summed E-state index contributed by atoms with van der Waals surface area (Å²) in [5.74, 6) is 0. The summed E-state index contributed by atoms with van der Waals surface area (Å²) >= 11 is 0. The molecule has 1 unspecified atom stereocenters. The Kier molecular flexibility index (Phi) is 24.7. The van der Waals surface area contributed by atoms with E-state index < -0.39 is 30.5 Å². The molecule has 4 aromatic rings. The highest BCUT2D eigenvalue weighted by Gasteiger charge is 2.14. The molecule has 4 amide bonds. The summed E-state index contributed by atoms with van der Waals surface area (Å²) in [5.41, 5.74) is 6.63. The van der Waals surface area contributed by atoms with Crippen LogP contribution in [0.1, 0.15) is 108 Å². The van der Waals surface area contributed by atoms with Gasteiger partial charge >= 0.3 is 24.4 Å². The molecule has 0 aliphatic rings. The molecule has 14 nitrogen and oxygen atoms in total. The maximum absolute atomic E-state index is 12.6. The zero-order valence-electron chi connectivity index (χ0n) is 40.4. The number of anilines is 4. The fourth-order valence-corrected chi connectivity index (χ4v) is 7.05. The number of benzene rings is 4. The molecule has 0 aromatic heterocycles. The van der Waals surface area contributed by atoms with Crippen molar-refractivity contribution in [3.8, 4) is 0 Å². The Bertz CT molecular complexity index is 2010. The summed E-state index contributed by atoms with van der Waals surface area (Å²) in [6.45, 7) is 16.5. The van der Waals surface area contributed by atoms with E-state index in [2.05, 4.69) is 58.8 Å². The molecular formula is C53H74N6O8. The Balaban J connectivity index is 1.09. The third kappa shape index (κ3) is 22.3. The number of ether oxygens (including phenoxy) is 4. The summed E-state index contributed by atoms with van der Waals surface area (Å²) in [7, 11) is 0. The Hall–Kier alpha value is -6.12. The van der Waals surface area contributed by atoms with E-state index in [-0.39, 0.29) is 6.61 Å². The van der Waals surface area contributed by atoms with Crippen LogP contribution in [0, 0.1) is 0 Å². The molecule has 0 fully saturated rings. The first-order valence-electron chi connectivity index (χ1n) is 24.1. The summed E-state index contributed by atoms with van der Waals surface area (Å²) in [4.78, 5) is 54.6. The van der Waals surface area contributed by atoms with Crippen LogP contribution in [0.3, 0.4) is 0 Å². The number of carbonyl (C=O) groups is 4. The van der Waals surface area contributed by atoms with E-state index in [0.717, 1.165) is 113 Å². The number of hydrogen-bond donors (Lipinski definition) is 4. The van der Waals surface area contributed by atoms with Crippen molar-refractivity contribution in [2.45, 2.75) is 105 Å². The van der Waals surface area contributed by atoms with Crippen LogP contribution in [0.4, 0.5) is 41.9 Å². The van der Waals surface area contributed by atoms with E-state index in [4.69, 9.17) is 18.9 Å². The second kappa shape index (κ2) is 31.0. The van der Waals surface area contributed by atoms with Gasteiger partial charge in [0, 0.05) is 35.8 Å². The minimum absolute atomic E-state index is 0.137. The zero-order chi connectivity index (χ0) is 48.1. The fourth-order valence-electron chi connectivity index (χ4n) is 7.05. The topological polar surface area (TPSA) is 160 Å². The number of nitrogens with one attached hydrogen (secondary N) is 4. The van der Waals surface area contributed by atoms with Crippen molar-refractivity contribution >= 4 is 47.1 Å². The normalized spacial score (nSPS) is 11.4. The van der Waals surface area contributed by atoms with Crippen LogP contribution in [-0.2, 0) is 31.8 Å². The Morgan fingerprint density at radius 1 is 0.418 bits per heavy atom. The monoisotopic (exact) mass is 923 g/mol. The number of amides is 4. The van der Waals surface area contributed by atoms with Gasteiger partial charge < -0.3 is 18.9 Å². The minimum atomic E-state index is -0.697. The van der Waals surface area contributed by atoms with Gasteiger partial charge in [0.1, 0.15) is 25.9 Å². The van der Waals surface area contributed by atoms with Crippen LogP contribution in [0.2, 0.25) is 0 Å². The summed E-state index contributed by atoms with van der Waals surface area (Å²) in [5, 5.41) is 11.0. The van der Waals surface area contributed by atoms with Gasteiger partial charge in [-0.3, -0.25) is 31.1 Å². The van der Waals surface area contributed by atoms with Crippen LogP contribution < -0.4 is 21.3 Å². The van der Waals surface area contributed by atoms with Gasteiger partial charge in [-0.25, -0.2) is 19.2 Å². The molecule has 1 atom stereocenters. The lowest BCUT2D eigenvalue weighted by Crippen LogP contribution is -2.31. The first-order valence-corrected chi connectivity index (χ1v) is 24.1. The van der Waals surface area contributed by atoms with Gasteiger partial charge in [-0.15, -0.1) is 0 Å². The first-order chi connectivity index (χ1) is 32.5. The van der Waals surface area contributed by atoms with Gasteiger partial charge in [-0.2, -0.15) is 0 Å². The molecule has 4 rings (SSSR count). The van der Waals surface area contributed by atoms with E-state index >= 15 is 0 Å². The lowest BCUT2D eigenvalue weighted by molar-refractivity contribution is 0.0651. The second-order valence-corrected chi connectivity index (χ2v) is 16.8. The third-order valence-electron chi connectivity index (χ3n) is 11.0. The molecule has 0 radical (unpaired) electrons. The van der Waals surface area contributed by atoms with E-state index in [1.54, 1.807) is 31.2 Å². The van der Waals surface area contributed by atoms with Gasteiger partial charge in [-0.05, 0) is 142 Å². The molecular weight excluding hydrogens is 849 g/mol. The molecule has 67 heavy (non-hydrogen) atoms. The molecule has 0 heterocycles. The molecule has 0 saturated carbocycles. The van der Waals surface area contributed by atoms with Gasteiger partial charge in [0.25, 0.3) is 0 Å². The molecule has 4 aromatic carbocycles. The van der Waals surface area contributed by atoms with Crippen molar-refractivity contribution < 1.29 is 38.1 Å². The van der Waals surface area contributed by atoms with Gasteiger partial charge in [0.05, 0.1) is 0 Å². The van der Waals surface area contributed by atoms with Crippen LogP contribution >= 0.6 is 0 Å². The molecule has 0 aliphatic carbocycles. The Labute approximate surface area is 398 Å². The maximum atomic E-state index is 12.6. The SMILES string of the molecule is CCCCN(CCCC)CCOC(=O)Nc1ccc(Cc2ccc(NC(=O)OCC(C)OC(=O)Nc3ccc(Cc4ccc(NC(=O)OCCN(CCCC)CCCC)cc4)cc3)cc2)cc1. The largest absolute Gasteiger partial charge is 0.448 e. The van der Waals surface area contributed by atoms with E-state index in [1.165, 1.54) is 0 Å². The number of unbranched alkanes of at least 4 members (excludes halogenated alkanes) is 4. The van der Waals surface area contributed by atoms with Crippen LogP contribution in [-0.4, -0.2) is 99.4 Å². The molecule has 0 bridgehead atoms. The summed E-state index contributed by atoms with van der Waals surface area (Å²) in [6.07, 6.45) is 7.47. The third-order valence-corrected chi connectivity index (χ3v) is 11.0. The molecule has 0 saturated heterocycles. The van der Waals surface area contributed by atoms with E-state index in [1.807, 2.05) is 72.8 Å². The lowest BCUT2D eigenvalue weighted by Gasteiger charge is -2.21. The first kappa shape index (κ1) is 53.5. The highest BCUT2D eigenvalue weighted by Crippen LogP contribution is 2.19. The van der Waals surface area contributed by atoms with Crippen molar-refractivity contribution in [1.82, 2.24) is 9.80 Å². The maximum Gasteiger partial charge on any atom is 0.412 e. The van der Waals surface area contributed by atoms with Gasteiger partial charge in [0.15, 0.2) is 0 Å². The number of hydrogen-bond acceptors (Lipinski definition) is 10. The van der Waals surface area contributed by atoms with Crippen LogP contribution in [0.5, 0.6) is 0 Å². The second-order valence-electron chi connectivity index (χ2n) is 16.8. The molecule has 0 aliphatic heterocycles. The predicted molar refractivity (Wildman–Crippen MR) is 268 cm³/mol. The highest BCUT2D eigenvalue weighted by atomic mass is 16.6. The lowest BCUT2D eigenvalue weighted by atomic mass is 10.0. The molecule has 14 heteroatoms. The smallest absolute Gasteiger partial charge is 0.412 e. The van der Waals surface area contributed by atoms with Crippen LogP contribution in [0.15, 0.2) is 97.1 Å². The quantitative estimate of drug-likeness (QED) is 0.0386. The molecule has 364 valence electrons. The van der Waals surface area contributed by atoms with Crippen molar-refractivity contribution in [3.63, 3.8) is 0 Å². The van der Waals surface area contributed by atoms with Crippen molar-refractivity contribution in [3.05, 3.63) is 119 Å². The number of carbonyl (C=O) groups excluding carboxylic acids is 4. The Morgan fingerprint density at radius 2 is 0.701 bits per heavy atom. The minimum Gasteiger partial charge on any atom is -0.448 e. The fraction of sp³-hybridized carbons (Fsp3) is 0.472. The van der Waals surface area contributed by atoms with Crippen molar-refractivity contribution in [2.24, 2.45) is 0 Å². The van der Waals surface area contributed by atoms with E-state index in [0.29, 0.717) is 48.8 Å². The van der Waals surface area contributed by atoms with E-state index in [9.17, 15) is 19.2 Å². The number of rotatable bonds is 29.